The maximum atomic E-state index is 6.29. The monoisotopic (exact) mass is 277 g/mol. The molecule has 0 fully saturated rings. The van der Waals surface area contributed by atoms with Crippen LogP contribution in [-0.2, 0) is 0 Å². The third kappa shape index (κ3) is 5.23. The first-order valence-electron chi connectivity index (χ1n) is 7.66. The summed E-state index contributed by atoms with van der Waals surface area (Å²) >= 11 is 0. The van der Waals surface area contributed by atoms with Crippen LogP contribution in [0.4, 0.5) is 0 Å². The van der Waals surface area contributed by atoms with Crippen molar-refractivity contribution in [3.8, 4) is 0 Å². The SMILES string of the molecule is CCCN(CCN(C)C)C(c1ccc(C)cc1)C(C)N. The molecule has 20 heavy (non-hydrogen) atoms. The van der Waals surface area contributed by atoms with Crippen LogP contribution in [0, 0.1) is 6.92 Å². The fourth-order valence-corrected chi connectivity index (χ4v) is 2.62. The Kier molecular flexibility index (Phi) is 7.20. The fraction of sp³-hybridized carbons (Fsp3) is 0.647. The van der Waals surface area contributed by atoms with Crippen LogP contribution in [0.3, 0.4) is 0 Å². The number of nitrogens with two attached hydrogens (primary N) is 1. The van der Waals surface area contributed by atoms with E-state index in [1.807, 2.05) is 0 Å². The van der Waals surface area contributed by atoms with Gasteiger partial charge in [-0.05, 0) is 46.5 Å². The van der Waals surface area contributed by atoms with Crippen LogP contribution in [0.15, 0.2) is 24.3 Å². The van der Waals surface area contributed by atoms with Crippen molar-refractivity contribution in [1.29, 1.82) is 0 Å². The lowest BCUT2D eigenvalue weighted by molar-refractivity contribution is 0.161. The Hall–Kier alpha value is -0.900. The lowest BCUT2D eigenvalue weighted by Gasteiger charge is -2.35. The summed E-state index contributed by atoms with van der Waals surface area (Å²) in [6.45, 7) is 9.68. The average Bonchev–Trinajstić information content (AvgIpc) is 2.38. The molecule has 0 heterocycles. The van der Waals surface area contributed by atoms with Gasteiger partial charge in [-0.25, -0.2) is 0 Å². The Morgan fingerprint density at radius 2 is 1.65 bits per heavy atom. The van der Waals surface area contributed by atoms with E-state index in [2.05, 4.69) is 68.9 Å². The Morgan fingerprint density at radius 1 is 1.05 bits per heavy atom. The van der Waals surface area contributed by atoms with Crippen molar-refractivity contribution < 1.29 is 0 Å². The first-order chi connectivity index (χ1) is 9.45. The molecule has 3 heteroatoms. The zero-order chi connectivity index (χ0) is 15.1. The molecule has 0 amide bonds. The molecule has 0 aliphatic rings. The topological polar surface area (TPSA) is 32.5 Å². The number of hydrogen-bond donors (Lipinski definition) is 1. The van der Waals surface area contributed by atoms with Gasteiger partial charge in [0, 0.05) is 25.2 Å². The predicted molar refractivity (Wildman–Crippen MR) is 88.0 cm³/mol. The lowest BCUT2D eigenvalue weighted by atomic mass is 9.98. The number of likely N-dealkylation sites (N-methyl/N-ethyl adjacent to an activating group) is 1. The highest BCUT2D eigenvalue weighted by Crippen LogP contribution is 2.24. The summed E-state index contributed by atoms with van der Waals surface area (Å²) in [4.78, 5) is 4.76. The first-order valence-corrected chi connectivity index (χ1v) is 7.66. The minimum absolute atomic E-state index is 0.131. The second kappa shape index (κ2) is 8.40. The summed E-state index contributed by atoms with van der Waals surface area (Å²) in [5.74, 6) is 0. The maximum Gasteiger partial charge on any atom is 0.0497 e. The van der Waals surface area contributed by atoms with E-state index < -0.39 is 0 Å². The minimum atomic E-state index is 0.131. The Bertz CT molecular complexity index is 370. The van der Waals surface area contributed by atoms with Gasteiger partial charge in [-0.3, -0.25) is 4.90 Å². The van der Waals surface area contributed by atoms with E-state index in [1.54, 1.807) is 0 Å². The van der Waals surface area contributed by atoms with Crippen LogP contribution >= 0.6 is 0 Å². The molecule has 2 atom stereocenters. The molecule has 0 aromatic heterocycles. The highest BCUT2D eigenvalue weighted by atomic mass is 15.2. The summed E-state index contributed by atoms with van der Waals surface area (Å²) in [6.07, 6.45) is 1.16. The van der Waals surface area contributed by atoms with E-state index in [9.17, 15) is 0 Å². The Labute approximate surface area is 124 Å². The zero-order valence-corrected chi connectivity index (χ0v) is 13.8. The molecular weight excluding hydrogens is 246 g/mol. The van der Waals surface area contributed by atoms with Crippen molar-refractivity contribution in [2.24, 2.45) is 5.73 Å². The molecule has 3 nitrogen and oxygen atoms in total. The number of aryl methyl sites for hydroxylation is 1. The van der Waals surface area contributed by atoms with Crippen LogP contribution in [0.2, 0.25) is 0 Å². The van der Waals surface area contributed by atoms with Gasteiger partial charge in [0.2, 0.25) is 0 Å². The van der Waals surface area contributed by atoms with Crippen LogP contribution in [0.1, 0.15) is 37.4 Å². The summed E-state index contributed by atoms with van der Waals surface area (Å²) in [7, 11) is 4.24. The molecule has 0 saturated carbocycles. The summed E-state index contributed by atoms with van der Waals surface area (Å²) < 4.78 is 0. The van der Waals surface area contributed by atoms with Crippen LogP contribution in [0.25, 0.3) is 0 Å². The average molecular weight is 277 g/mol. The Morgan fingerprint density at radius 3 is 2.10 bits per heavy atom. The normalized spacial score (nSPS) is 14.8. The van der Waals surface area contributed by atoms with E-state index in [-0.39, 0.29) is 6.04 Å². The molecule has 0 spiro atoms. The number of hydrogen-bond acceptors (Lipinski definition) is 3. The van der Waals surface area contributed by atoms with Gasteiger partial charge in [0.25, 0.3) is 0 Å². The molecule has 2 N–H and O–H groups in total. The molecule has 0 aliphatic carbocycles. The van der Waals surface area contributed by atoms with Crippen molar-refractivity contribution in [1.82, 2.24) is 9.80 Å². The van der Waals surface area contributed by atoms with Crippen LogP contribution in [0.5, 0.6) is 0 Å². The second-order valence-corrected chi connectivity index (χ2v) is 6.05. The molecule has 1 aromatic rings. The number of nitrogens with zero attached hydrogens (tertiary/aromatic N) is 2. The number of rotatable bonds is 8. The third-order valence-electron chi connectivity index (χ3n) is 3.66. The van der Waals surface area contributed by atoms with Crippen LogP contribution in [-0.4, -0.2) is 49.6 Å². The molecular formula is C17H31N3. The van der Waals surface area contributed by atoms with Gasteiger partial charge in [-0.1, -0.05) is 36.8 Å². The molecule has 2 unspecified atom stereocenters. The summed E-state index contributed by atoms with van der Waals surface area (Å²) in [5, 5.41) is 0. The predicted octanol–water partition coefficient (Wildman–Crippen LogP) is 2.66. The summed E-state index contributed by atoms with van der Waals surface area (Å²) in [5.41, 5.74) is 8.92. The maximum absolute atomic E-state index is 6.29. The van der Waals surface area contributed by atoms with Crippen molar-refractivity contribution in [3.05, 3.63) is 35.4 Å². The highest BCUT2D eigenvalue weighted by Gasteiger charge is 2.23. The van der Waals surface area contributed by atoms with Gasteiger partial charge in [0.1, 0.15) is 0 Å². The second-order valence-electron chi connectivity index (χ2n) is 6.05. The van der Waals surface area contributed by atoms with Crippen molar-refractivity contribution >= 4 is 0 Å². The zero-order valence-electron chi connectivity index (χ0n) is 13.8. The van der Waals surface area contributed by atoms with Gasteiger partial charge >= 0.3 is 0 Å². The molecule has 0 bridgehead atoms. The highest BCUT2D eigenvalue weighted by molar-refractivity contribution is 5.25. The van der Waals surface area contributed by atoms with Crippen molar-refractivity contribution in [2.75, 3.05) is 33.7 Å². The molecule has 114 valence electrons. The summed E-state index contributed by atoms with van der Waals surface area (Å²) in [6, 6.07) is 9.24. The van der Waals surface area contributed by atoms with Gasteiger partial charge in [-0.15, -0.1) is 0 Å². The van der Waals surface area contributed by atoms with Gasteiger partial charge < -0.3 is 10.6 Å². The van der Waals surface area contributed by atoms with Gasteiger partial charge in [0.15, 0.2) is 0 Å². The van der Waals surface area contributed by atoms with Gasteiger partial charge in [0.05, 0.1) is 0 Å². The largest absolute Gasteiger partial charge is 0.326 e. The van der Waals surface area contributed by atoms with Crippen molar-refractivity contribution in [3.63, 3.8) is 0 Å². The molecule has 1 rings (SSSR count). The smallest absolute Gasteiger partial charge is 0.0497 e. The van der Waals surface area contributed by atoms with Gasteiger partial charge in [-0.2, -0.15) is 0 Å². The fourth-order valence-electron chi connectivity index (χ4n) is 2.62. The number of benzene rings is 1. The lowest BCUT2D eigenvalue weighted by Crippen LogP contribution is -2.42. The van der Waals surface area contributed by atoms with Crippen LogP contribution < -0.4 is 5.73 Å². The molecule has 0 saturated heterocycles. The molecule has 0 aliphatic heterocycles. The third-order valence-corrected chi connectivity index (χ3v) is 3.66. The minimum Gasteiger partial charge on any atom is -0.326 e. The molecule has 1 aromatic carbocycles. The van der Waals surface area contributed by atoms with E-state index >= 15 is 0 Å². The quantitative estimate of drug-likeness (QED) is 0.793. The van der Waals surface area contributed by atoms with E-state index in [4.69, 9.17) is 5.73 Å². The van der Waals surface area contributed by atoms with E-state index in [0.717, 1.165) is 26.1 Å². The Balaban J connectivity index is 2.91. The van der Waals surface area contributed by atoms with E-state index in [1.165, 1.54) is 11.1 Å². The standard InChI is InChI=1S/C17H31N3/c1-6-11-20(13-12-19(4)5)17(15(3)18)16-9-7-14(2)8-10-16/h7-10,15,17H,6,11-13,18H2,1-5H3. The van der Waals surface area contributed by atoms with E-state index in [0.29, 0.717) is 6.04 Å². The first kappa shape index (κ1) is 17.2. The van der Waals surface area contributed by atoms with Crippen molar-refractivity contribution in [2.45, 2.75) is 39.3 Å². The molecule has 0 radical (unpaired) electrons.